The van der Waals surface area contributed by atoms with Gasteiger partial charge >= 0.3 is 0 Å². The molecule has 0 fully saturated rings. The van der Waals surface area contributed by atoms with Crippen molar-refractivity contribution in [2.75, 3.05) is 38.7 Å². The van der Waals surface area contributed by atoms with Crippen molar-refractivity contribution in [3.63, 3.8) is 0 Å². The zero-order valence-corrected chi connectivity index (χ0v) is 18.5. The molecule has 5 nitrogen and oxygen atoms in total. The van der Waals surface area contributed by atoms with Crippen LogP contribution in [0.25, 0.3) is 10.2 Å². The van der Waals surface area contributed by atoms with Crippen LogP contribution in [0.1, 0.15) is 36.5 Å². The van der Waals surface area contributed by atoms with Crippen LogP contribution in [0.3, 0.4) is 0 Å². The number of thiazole rings is 1. The molecule has 0 spiro atoms. The van der Waals surface area contributed by atoms with Gasteiger partial charge in [-0.25, -0.2) is 9.37 Å². The number of ether oxygens (including phenoxy) is 1. The fraction of sp³-hybridized carbons (Fsp3) is 0.391. The van der Waals surface area contributed by atoms with Crippen molar-refractivity contribution in [3.8, 4) is 5.75 Å². The molecule has 1 heterocycles. The molecule has 0 atom stereocenters. The third kappa shape index (κ3) is 5.77. The molecular weight excluding hydrogens is 401 g/mol. The van der Waals surface area contributed by atoms with Gasteiger partial charge in [-0.2, -0.15) is 0 Å². The second kappa shape index (κ2) is 10.5. The molecular formula is C23H28FN3O2S. The molecule has 0 aliphatic heterocycles. The van der Waals surface area contributed by atoms with E-state index in [9.17, 15) is 9.18 Å². The summed E-state index contributed by atoms with van der Waals surface area (Å²) in [4.78, 5) is 21.7. The summed E-state index contributed by atoms with van der Waals surface area (Å²) in [6.45, 7) is 4.18. The summed E-state index contributed by atoms with van der Waals surface area (Å²) in [5.74, 6) is 0.338. The lowest BCUT2D eigenvalue weighted by atomic mass is 10.2. The van der Waals surface area contributed by atoms with Crippen LogP contribution in [0.2, 0.25) is 0 Å². The molecule has 0 saturated carbocycles. The molecule has 3 rings (SSSR count). The number of aromatic nitrogens is 1. The van der Waals surface area contributed by atoms with Crippen LogP contribution in [0.15, 0.2) is 42.5 Å². The van der Waals surface area contributed by atoms with Crippen LogP contribution < -0.4 is 9.64 Å². The average molecular weight is 430 g/mol. The molecule has 0 unspecified atom stereocenters. The number of halogens is 1. The van der Waals surface area contributed by atoms with Crippen molar-refractivity contribution in [2.45, 2.75) is 26.2 Å². The molecule has 0 N–H and O–H groups in total. The average Bonchev–Trinajstić information content (AvgIpc) is 3.14. The lowest BCUT2D eigenvalue weighted by Gasteiger charge is -2.21. The second-order valence-corrected chi connectivity index (χ2v) is 8.46. The van der Waals surface area contributed by atoms with Gasteiger partial charge in [0.15, 0.2) is 5.13 Å². The first-order valence-electron chi connectivity index (χ1n) is 10.2. The van der Waals surface area contributed by atoms with Crippen LogP contribution in [0.5, 0.6) is 5.75 Å². The maximum absolute atomic E-state index is 13.6. The predicted molar refractivity (Wildman–Crippen MR) is 121 cm³/mol. The lowest BCUT2D eigenvalue weighted by Crippen LogP contribution is -2.33. The molecule has 1 amide bonds. The Morgan fingerprint density at radius 3 is 2.57 bits per heavy atom. The number of hydrogen-bond acceptors (Lipinski definition) is 5. The summed E-state index contributed by atoms with van der Waals surface area (Å²) in [5.41, 5.74) is 1.27. The van der Waals surface area contributed by atoms with Crippen molar-refractivity contribution in [3.05, 3.63) is 53.8 Å². The van der Waals surface area contributed by atoms with Crippen LogP contribution in [0, 0.1) is 5.82 Å². The molecule has 2 aromatic carbocycles. The number of amides is 1. The van der Waals surface area contributed by atoms with E-state index in [0.717, 1.165) is 36.3 Å². The lowest BCUT2D eigenvalue weighted by molar-refractivity contribution is 0.0986. The number of hydrogen-bond donors (Lipinski definition) is 0. The predicted octanol–water partition coefficient (Wildman–Crippen LogP) is 5.21. The second-order valence-electron chi connectivity index (χ2n) is 7.45. The molecule has 0 aliphatic carbocycles. The third-order valence-corrected chi connectivity index (χ3v) is 5.71. The van der Waals surface area contributed by atoms with Gasteiger partial charge in [-0.3, -0.25) is 9.69 Å². The zero-order valence-electron chi connectivity index (χ0n) is 17.7. The number of rotatable bonds is 10. The highest BCUT2D eigenvalue weighted by Crippen LogP contribution is 2.30. The first kappa shape index (κ1) is 22.2. The first-order chi connectivity index (χ1) is 14.5. The van der Waals surface area contributed by atoms with Crippen LogP contribution in [-0.2, 0) is 0 Å². The Morgan fingerprint density at radius 2 is 1.87 bits per heavy atom. The van der Waals surface area contributed by atoms with E-state index in [4.69, 9.17) is 4.74 Å². The van der Waals surface area contributed by atoms with E-state index >= 15 is 0 Å². The van der Waals surface area contributed by atoms with Gasteiger partial charge in [0.1, 0.15) is 11.6 Å². The van der Waals surface area contributed by atoms with Gasteiger partial charge in [0.05, 0.1) is 16.8 Å². The van der Waals surface area contributed by atoms with E-state index < -0.39 is 0 Å². The normalized spacial score (nSPS) is 11.2. The Labute approximate surface area is 181 Å². The summed E-state index contributed by atoms with van der Waals surface area (Å²) in [6, 6.07) is 11.7. The number of anilines is 1. The van der Waals surface area contributed by atoms with Gasteiger partial charge < -0.3 is 9.64 Å². The minimum absolute atomic E-state index is 0.117. The van der Waals surface area contributed by atoms with E-state index in [1.807, 2.05) is 26.2 Å². The van der Waals surface area contributed by atoms with Crippen LogP contribution >= 0.6 is 11.3 Å². The summed E-state index contributed by atoms with van der Waals surface area (Å²) >= 11 is 1.33. The van der Waals surface area contributed by atoms with Gasteiger partial charge in [-0.1, -0.05) is 24.7 Å². The summed E-state index contributed by atoms with van der Waals surface area (Å²) in [7, 11) is 4.01. The van der Waals surface area contributed by atoms with E-state index in [1.165, 1.54) is 23.5 Å². The van der Waals surface area contributed by atoms with Gasteiger partial charge in [-0.05, 0) is 75.9 Å². The highest BCUT2D eigenvalue weighted by molar-refractivity contribution is 7.22. The molecule has 0 bridgehead atoms. The number of unbranched alkanes of at least 4 members (excludes halogenated alkanes) is 1. The maximum atomic E-state index is 13.6. The maximum Gasteiger partial charge on any atom is 0.260 e. The van der Waals surface area contributed by atoms with Crippen molar-refractivity contribution < 1.29 is 13.9 Å². The van der Waals surface area contributed by atoms with Crippen molar-refractivity contribution in [2.24, 2.45) is 0 Å². The van der Waals surface area contributed by atoms with Gasteiger partial charge in [-0.15, -0.1) is 0 Å². The smallest absolute Gasteiger partial charge is 0.260 e. The number of carbonyl (C=O) groups excluding carboxylic acids is 1. The molecule has 160 valence electrons. The number of carbonyl (C=O) groups is 1. The first-order valence-corrected chi connectivity index (χ1v) is 11.0. The largest absolute Gasteiger partial charge is 0.494 e. The molecule has 3 aromatic rings. The number of fused-ring (bicyclic) bond motifs is 1. The Balaban J connectivity index is 1.82. The monoisotopic (exact) mass is 429 g/mol. The molecule has 0 aliphatic rings. The van der Waals surface area contributed by atoms with E-state index in [2.05, 4.69) is 16.8 Å². The van der Waals surface area contributed by atoms with Gasteiger partial charge in [0.25, 0.3) is 5.91 Å². The van der Waals surface area contributed by atoms with Crippen LogP contribution in [-0.4, -0.2) is 49.6 Å². The molecule has 30 heavy (non-hydrogen) atoms. The zero-order chi connectivity index (χ0) is 21.5. The summed E-state index contributed by atoms with van der Waals surface area (Å²) in [6.07, 6.45) is 2.88. The minimum Gasteiger partial charge on any atom is -0.494 e. The molecule has 1 aromatic heterocycles. The summed E-state index contributed by atoms with van der Waals surface area (Å²) in [5, 5.41) is 0.586. The molecule has 0 radical (unpaired) electrons. The van der Waals surface area contributed by atoms with Crippen molar-refractivity contribution >= 4 is 32.6 Å². The highest BCUT2D eigenvalue weighted by atomic mass is 32.1. The topological polar surface area (TPSA) is 45.7 Å². The fourth-order valence-electron chi connectivity index (χ4n) is 3.01. The number of nitrogens with zero attached hydrogens (tertiary/aromatic N) is 3. The Morgan fingerprint density at radius 1 is 1.10 bits per heavy atom. The summed E-state index contributed by atoms with van der Waals surface area (Å²) < 4.78 is 20.0. The van der Waals surface area contributed by atoms with Crippen molar-refractivity contribution in [1.29, 1.82) is 0 Å². The van der Waals surface area contributed by atoms with E-state index in [1.54, 1.807) is 23.1 Å². The quantitative estimate of drug-likeness (QED) is 0.415. The molecule has 0 saturated heterocycles. The number of benzene rings is 2. The standard InChI is InChI=1S/C23H28FN3O2S/c1-4-5-15-29-19-10-7-17(8-11-19)22(28)27(14-6-13-26(2)3)23-25-20-12-9-18(24)16-21(20)30-23/h7-12,16H,4-6,13-15H2,1-3H3. The van der Waals surface area contributed by atoms with E-state index in [0.29, 0.717) is 29.4 Å². The molecule has 7 heteroatoms. The Kier molecular flexibility index (Phi) is 7.76. The van der Waals surface area contributed by atoms with Gasteiger partial charge in [0.2, 0.25) is 0 Å². The highest BCUT2D eigenvalue weighted by Gasteiger charge is 2.21. The third-order valence-electron chi connectivity index (χ3n) is 4.67. The van der Waals surface area contributed by atoms with Crippen molar-refractivity contribution in [1.82, 2.24) is 9.88 Å². The Bertz CT molecular complexity index is 972. The Hall–Kier alpha value is -2.51. The minimum atomic E-state index is -0.304. The van der Waals surface area contributed by atoms with Crippen LogP contribution in [0.4, 0.5) is 9.52 Å². The van der Waals surface area contributed by atoms with Gasteiger partial charge in [0, 0.05) is 12.1 Å². The van der Waals surface area contributed by atoms with E-state index in [-0.39, 0.29) is 11.7 Å². The fourth-order valence-corrected chi connectivity index (χ4v) is 4.03. The SMILES string of the molecule is CCCCOc1ccc(C(=O)N(CCCN(C)C)c2nc3ccc(F)cc3s2)cc1.